The molecule has 6 heteroatoms. The quantitative estimate of drug-likeness (QED) is 0.891. The van der Waals surface area contributed by atoms with Crippen LogP contribution in [-0.2, 0) is 0 Å². The predicted molar refractivity (Wildman–Crippen MR) is 80.2 cm³/mol. The van der Waals surface area contributed by atoms with Crippen LogP contribution in [0.3, 0.4) is 0 Å². The van der Waals surface area contributed by atoms with Crippen LogP contribution in [-0.4, -0.2) is 44.8 Å². The summed E-state index contributed by atoms with van der Waals surface area (Å²) in [6.07, 6.45) is 2.34. The lowest BCUT2D eigenvalue weighted by Gasteiger charge is -2.28. The van der Waals surface area contributed by atoms with E-state index in [1.165, 1.54) is 12.8 Å². The number of nitrogens with two attached hydrogens (primary N) is 1. The summed E-state index contributed by atoms with van der Waals surface area (Å²) in [5.74, 6) is 2.74. The van der Waals surface area contributed by atoms with E-state index in [1.807, 2.05) is 12.1 Å². The van der Waals surface area contributed by atoms with Gasteiger partial charge in [-0.2, -0.15) is 0 Å². The van der Waals surface area contributed by atoms with Crippen molar-refractivity contribution in [3.8, 4) is 17.2 Å². The summed E-state index contributed by atoms with van der Waals surface area (Å²) >= 11 is 0. The van der Waals surface area contributed by atoms with Crippen molar-refractivity contribution < 1.29 is 14.2 Å². The van der Waals surface area contributed by atoms with Gasteiger partial charge in [0.15, 0.2) is 17.5 Å². The molecule has 1 aromatic carbocycles. The van der Waals surface area contributed by atoms with Crippen molar-refractivity contribution in [1.29, 1.82) is 0 Å². The highest BCUT2D eigenvalue weighted by Gasteiger charge is 2.40. The third-order valence-electron chi connectivity index (χ3n) is 4.06. The molecule has 1 saturated carbocycles. The number of benzene rings is 1. The van der Waals surface area contributed by atoms with Crippen molar-refractivity contribution in [2.45, 2.75) is 24.9 Å². The van der Waals surface area contributed by atoms with Crippen molar-refractivity contribution in [3.63, 3.8) is 0 Å². The van der Waals surface area contributed by atoms with Crippen LogP contribution in [0.1, 0.15) is 24.4 Å². The molecule has 114 valence electrons. The molecule has 1 atom stereocenters. The Morgan fingerprint density at radius 2 is 1.67 bits per heavy atom. The summed E-state index contributed by atoms with van der Waals surface area (Å²) < 4.78 is 16.3. The van der Waals surface area contributed by atoms with Gasteiger partial charge in [-0.1, -0.05) is 0 Å². The maximum atomic E-state index is 6.04. The summed E-state index contributed by atoms with van der Waals surface area (Å²) in [6, 6.07) is 4.42. The first kappa shape index (κ1) is 13.9. The van der Waals surface area contributed by atoms with Crippen LogP contribution in [0, 0.1) is 0 Å². The number of methoxy groups -OCH3 is 3. The van der Waals surface area contributed by atoms with Gasteiger partial charge in [-0.15, -0.1) is 0 Å². The Balaban J connectivity index is 2.00. The first-order valence-corrected chi connectivity index (χ1v) is 7.07. The summed E-state index contributed by atoms with van der Waals surface area (Å²) in [5.41, 5.74) is 7.08. The first-order chi connectivity index (χ1) is 10.2. The molecular weight excluding hydrogens is 270 g/mol. The van der Waals surface area contributed by atoms with Crippen LogP contribution in [0.25, 0.3) is 0 Å². The highest BCUT2D eigenvalue weighted by atomic mass is 16.5. The smallest absolute Gasteiger partial charge is 0.192 e. The molecular formula is C15H21N3O3. The molecule has 1 aromatic rings. The van der Waals surface area contributed by atoms with E-state index in [9.17, 15) is 0 Å². The summed E-state index contributed by atoms with van der Waals surface area (Å²) in [6.45, 7) is 0.647. The highest BCUT2D eigenvalue weighted by Crippen LogP contribution is 2.43. The maximum absolute atomic E-state index is 6.04. The number of ether oxygens (including phenoxy) is 3. The predicted octanol–water partition coefficient (Wildman–Crippen LogP) is 1.55. The normalized spacial score (nSPS) is 21.2. The minimum absolute atomic E-state index is 0.104. The Hall–Kier alpha value is -2.11. The van der Waals surface area contributed by atoms with Gasteiger partial charge in [0.05, 0.1) is 33.9 Å². The fraction of sp³-hybridized carbons (Fsp3) is 0.533. The van der Waals surface area contributed by atoms with E-state index in [2.05, 4.69) is 9.89 Å². The molecule has 1 heterocycles. The van der Waals surface area contributed by atoms with Gasteiger partial charge in [0, 0.05) is 17.7 Å². The molecule has 2 aliphatic rings. The van der Waals surface area contributed by atoms with Crippen molar-refractivity contribution in [2.75, 3.05) is 27.9 Å². The molecule has 0 radical (unpaired) electrons. The Kier molecular flexibility index (Phi) is 3.53. The van der Waals surface area contributed by atoms with Gasteiger partial charge < -0.3 is 24.8 Å². The lowest BCUT2D eigenvalue weighted by molar-refractivity contribution is 0.315. The molecule has 3 rings (SSSR count). The molecule has 6 nitrogen and oxygen atoms in total. The van der Waals surface area contributed by atoms with Crippen LogP contribution in [0.5, 0.6) is 17.2 Å². The largest absolute Gasteiger partial charge is 0.496 e. The van der Waals surface area contributed by atoms with Crippen LogP contribution in [0.15, 0.2) is 17.1 Å². The van der Waals surface area contributed by atoms with Gasteiger partial charge in [0.1, 0.15) is 5.75 Å². The highest BCUT2D eigenvalue weighted by molar-refractivity contribution is 5.81. The zero-order valence-corrected chi connectivity index (χ0v) is 12.6. The van der Waals surface area contributed by atoms with Crippen molar-refractivity contribution in [1.82, 2.24) is 4.90 Å². The SMILES string of the molecule is COc1cc(OC)c(C2CN=C(N)N2C2CC2)cc1OC. The van der Waals surface area contributed by atoms with Gasteiger partial charge in [0.25, 0.3) is 0 Å². The first-order valence-electron chi connectivity index (χ1n) is 7.07. The number of rotatable bonds is 5. The molecule has 1 aliphatic carbocycles. The van der Waals surface area contributed by atoms with Crippen LogP contribution < -0.4 is 19.9 Å². The molecule has 0 saturated heterocycles. The second kappa shape index (κ2) is 5.35. The standard InChI is InChI=1S/C15H21N3O3/c1-19-12-7-14(21-3)13(20-2)6-10(12)11-8-17-15(16)18(11)9-4-5-9/h6-7,9,11H,4-5,8H2,1-3H3,(H2,16,17). The van der Waals surface area contributed by atoms with E-state index < -0.39 is 0 Å². The van der Waals surface area contributed by atoms with E-state index in [4.69, 9.17) is 19.9 Å². The van der Waals surface area contributed by atoms with Crippen LogP contribution in [0.4, 0.5) is 0 Å². The maximum Gasteiger partial charge on any atom is 0.192 e. The van der Waals surface area contributed by atoms with Gasteiger partial charge in [-0.05, 0) is 18.9 Å². The molecule has 0 spiro atoms. The Morgan fingerprint density at radius 3 is 2.24 bits per heavy atom. The molecule has 0 aromatic heterocycles. The number of aliphatic imine (C=N–C) groups is 1. The van der Waals surface area contributed by atoms with Crippen molar-refractivity contribution in [2.24, 2.45) is 10.7 Å². The number of hydrogen-bond donors (Lipinski definition) is 1. The van der Waals surface area contributed by atoms with E-state index in [0.29, 0.717) is 30.0 Å². The molecule has 0 bridgehead atoms. The van der Waals surface area contributed by atoms with Gasteiger partial charge in [-0.3, -0.25) is 4.99 Å². The Morgan fingerprint density at radius 1 is 1.05 bits per heavy atom. The lowest BCUT2D eigenvalue weighted by Crippen LogP contribution is -2.37. The van der Waals surface area contributed by atoms with Crippen LogP contribution >= 0.6 is 0 Å². The van der Waals surface area contributed by atoms with Gasteiger partial charge in [0.2, 0.25) is 0 Å². The average Bonchev–Trinajstić information content (AvgIpc) is 3.28. The molecule has 1 aliphatic heterocycles. The van der Waals surface area contributed by atoms with Crippen molar-refractivity contribution >= 4 is 5.96 Å². The second-order valence-corrected chi connectivity index (χ2v) is 5.30. The minimum Gasteiger partial charge on any atom is -0.496 e. The fourth-order valence-corrected chi connectivity index (χ4v) is 2.86. The van der Waals surface area contributed by atoms with E-state index >= 15 is 0 Å². The Bertz CT molecular complexity index is 570. The molecule has 1 fully saturated rings. The molecule has 2 N–H and O–H groups in total. The zero-order valence-electron chi connectivity index (χ0n) is 12.6. The lowest BCUT2D eigenvalue weighted by atomic mass is 10.0. The summed E-state index contributed by atoms with van der Waals surface area (Å²) in [4.78, 5) is 6.60. The zero-order chi connectivity index (χ0) is 15.0. The molecule has 1 unspecified atom stereocenters. The van der Waals surface area contributed by atoms with Crippen LogP contribution in [0.2, 0.25) is 0 Å². The number of hydrogen-bond acceptors (Lipinski definition) is 6. The van der Waals surface area contributed by atoms with Gasteiger partial charge in [-0.25, -0.2) is 0 Å². The molecule has 21 heavy (non-hydrogen) atoms. The Labute approximate surface area is 124 Å². The average molecular weight is 291 g/mol. The van der Waals surface area contributed by atoms with Gasteiger partial charge >= 0.3 is 0 Å². The van der Waals surface area contributed by atoms with E-state index in [0.717, 1.165) is 11.3 Å². The molecule has 0 amide bonds. The topological polar surface area (TPSA) is 69.3 Å². The second-order valence-electron chi connectivity index (χ2n) is 5.30. The van der Waals surface area contributed by atoms with E-state index in [1.54, 1.807) is 21.3 Å². The fourth-order valence-electron chi connectivity index (χ4n) is 2.86. The van der Waals surface area contributed by atoms with E-state index in [-0.39, 0.29) is 6.04 Å². The minimum atomic E-state index is 0.104. The third kappa shape index (κ3) is 2.34. The summed E-state index contributed by atoms with van der Waals surface area (Å²) in [7, 11) is 4.90. The summed E-state index contributed by atoms with van der Waals surface area (Å²) in [5, 5.41) is 0. The third-order valence-corrected chi connectivity index (χ3v) is 4.06. The number of guanidine groups is 1. The van der Waals surface area contributed by atoms with Crippen molar-refractivity contribution in [3.05, 3.63) is 17.7 Å². The number of nitrogens with zero attached hydrogens (tertiary/aromatic N) is 2. The monoisotopic (exact) mass is 291 g/mol.